The Morgan fingerprint density at radius 2 is 1.86 bits per heavy atom. The molecule has 1 aliphatic rings. The molecule has 0 aliphatic carbocycles. The number of aryl methyl sites for hydroxylation is 1. The van der Waals surface area contributed by atoms with Crippen molar-refractivity contribution in [3.05, 3.63) is 26.6 Å². The van der Waals surface area contributed by atoms with Gasteiger partial charge in [-0.15, -0.1) is 11.3 Å². The molecule has 1 N–H and O–H groups in total. The van der Waals surface area contributed by atoms with Crippen molar-refractivity contribution in [2.45, 2.75) is 40.7 Å². The van der Waals surface area contributed by atoms with Gasteiger partial charge < -0.3 is 14.6 Å². The number of piperazine rings is 1. The van der Waals surface area contributed by atoms with Gasteiger partial charge in [0.05, 0.1) is 18.0 Å². The number of hydrogen-bond acceptors (Lipinski definition) is 7. The number of carbonyl (C=O) groups excluding carboxylic acids is 2. The van der Waals surface area contributed by atoms with Gasteiger partial charge in [0.25, 0.3) is 5.56 Å². The maximum atomic E-state index is 12.7. The summed E-state index contributed by atoms with van der Waals surface area (Å²) < 4.78 is 5.09. The largest absolute Gasteiger partial charge is 0.462 e. The molecule has 0 aromatic carbocycles. The zero-order valence-corrected chi connectivity index (χ0v) is 18.4. The number of hydrogen-bond donors (Lipinski definition) is 1. The molecule has 1 atom stereocenters. The average Bonchev–Trinajstić information content (AvgIpc) is 3.04. The number of amides is 1. The van der Waals surface area contributed by atoms with E-state index in [0.717, 1.165) is 13.1 Å². The van der Waals surface area contributed by atoms with Gasteiger partial charge in [-0.25, -0.2) is 9.78 Å². The number of rotatable bonds is 5. The quantitative estimate of drug-likeness (QED) is 0.746. The minimum absolute atomic E-state index is 0.00457. The number of fused-ring (bicyclic) bond motifs is 1. The fourth-order valence-corrected chi connectivity index (χ4v) is 4.70. The third kappa shape index (κ3) is 4.20. The van der Waals surface area contributed by atoms with E-state index >= 15 is 0 Å². The first-order valence-electron chi connectivity index (χ1n) is 9.97. The van der Waals surface area contributed by atoms with Gasteiger partial charge in [-0.1, -0.05) is 13.8 Å². The molecular formula is C20H28N4O4S. The summed E-state index contributed by atoms with van der Waals surface area (Å²) in [5.74, 6) is 0.316. The van der Waals surface area contributed by atoms with Gasteiger partial charge in [-0.3, -0.25) is 14.5 Å². The first-order valence-corrected chi connectivity index (χ1v) is 10.8. The predicted molar refractivity (Wildman–Crippen MR) is 112 cm³/mol. The van der Waals surface area contributed by atoms with E-state index in [0.29, 0.717) is 39.6 Å². The molecule has 29 heavy (non-hydrogen) atoms. The summed E-state index contributed by atoms with van der Waals surface area (Å²) in [5.41, 5.74) is 0.368. The van der Waals surface area contributed by atoms with Crippen molar-refractivity contribution in [2.24, 2.45) is 5.92 Å². The number of aromatic amines is 1. The van der Waals surface area contributed by atoms with Crippen molar-refractivity contribution in [3.8, 4) is 0 Å². The first-order chi connectivity index (χ1) is 13.7. The van der Waals surface area contributed by atoms with E-state index in [1.165, 1.54) is 11.3 Å². The Bertz CT molecular complexity index is 973. The van der Waals surface area contributed by atoms with Crippen molar-refractivity contribution >= 4 is 33.4 Å². The molecule has 0 radical (unpaired) electrons. The van der Waals surface area contributed by atoms with E-state index in [1.807, 2.05) is 25.7 Å². The number of thiophene rings is 1. The van der Waals surface area contributed by atoms with Crippen molar-refractivity contribution in [3.63, 3.8) is 0 Å². The van der Waals surface area contributed by atoms with Crippen LogP contribution in [-0.4, -0.2) is 64.4 Å². The summed E-state index contributed by atoms with van der Waals surface area (Å²) in [4.78, 5) is 49.7. The number of H-pyrrole nitrogens is 1. The second kappa shape index (κ2) is 8.62. The van der Waals surface area contributed by atoms with Crippen molar-refractivity contribution in [1.82, 2.24) is 19.8 Å². The van der Waals surface area contributed by atoms with Crippen LogP contribution in [0.15, 0.2) is 4.79 Å². The van der Waals surface area contributed by atoms with Crippen molar-refractivity contribution in [1.29, 1.82) is 0 Å². The van der Waals surface area contributed by atoms with Crippen LogP contribution in [0.4, 0.5) is 0 Å². The summed E-state index contributed by atoms with van der Waals surface area (Å²) >= 11 is 1.19. The van der Waals surface area contributed by atoms with E-state index in [1.54, 1.807) is 13.8 Å². The molecule has 1 amide bonds. The molecule has 1 fully saturated rings. The van der Waals surface area contributed by atoms with Crippen molar-refractivity contribution < 1.29 is 14.3 Å². The highest BCUT2D eigenvalue weighted by atomic mass is 32.1. The highest BCUT2D eigenvalue weighted by Crippen LogP contribution is 2.29. The highest BCUT2D eigenvalue weighted by molar-refractivity contribution is 7.20. The Balaban J connectivity index is 1.82. The number of nitrogens with one attached hydrogen (secondary N) is 1. The monoisotopic (exact) mass is 420 g/mol. The number of aromatic nitrogens is 2. The Morgan fingerprint density at radius 3 is 2.45 bits per heavy atom. The molecule has 1 saturated heterocycles. The molecule has 9 heteroatoms. The second-order valence-corrected chi connectivity index (χ2v) is 8.60. The molecule has 2 aromatic heterocycles. The van der Waals surface area contributed by atoms with Crippen LogP contribution in [0.2, 0.25) is 0 Å². The average molecular weight is 421 g/mol. The van der Waals surface area contributed by atoms with Crippen LogP contribution in [0, 0.1) is 12.8 Å². The van der Waals surface area contributed by atoms with Crippen LogP contribution in [-0.2, 0) is 9.53 Å². The summed E-state index contributed by atoms with van der Waals surface area (Å²) in [6, 6.07) is -0.100. The molecule has 3 heterocycles. The molecule has 8 nitrogen and oxygen atoms in total. The van der Waals surface area contributed by atoms with Gasteiger partial charge >= 0.3 is 5.97 Å². The second-order valence-electron chi connectivity index (χ2n) is 7.60. The topological polar surface area (TPSA) is 95.6 Å². The molecular weight excluding hydrogens is 392 g/mol. The summed E-state index contributed by atoms with van der Waals surface area (Å²) in [5, 5.41) is 0.446. The van der Waals surface area contributed by atoms with E-state index in [2.05, 4.69) is 14.9 Å². The van der Waals surface area contributed by atoms with Gasteiger partial charge in [-0.2, -0.15) is 0 Å². The molecule has 1 aliphatic heterocycles. The fourth-order valence-electron chi connectivity index (χ4n) is 3.62. The van der Waals surface area contributed by atoms with Gasteiger partial charge in [0.2, 0.25) is 5.91 Å². The lowest BCUT2D eigenvalue weighted by atomic mass is 10.1. The zero-order valence-electron chi connectivity index (χ0n) is 17.6. The number of nitrogens with zero attached hydrogens (tertiary/aromatic N) is 3. The number of ether oxygens (including phenoxy) is 1. The zero-order chi connectivity index (χ0) is 21.3. The Hall–Kier alpha value is -2.26. The molecule has 3 rings (SSSR count). The standard InChI is InChI=1S/C20H28N4O4S/c1-6-28-20(27)15-12(4)14-17(25)21-16(22-18(14)29-15)13(5)23-7-9-24(10-8-23)19(26)11(2)3/h11,13H,6-10H2,1-5H3,(H,21,22,25). The van der Waals surface area contributed by atoms with E-state index in [4.69, 9.17) is 4.74 Å². The van der Waals surface area contributed by atoms with Crippen LogP contribution in [0.5, 0.6) is 0 Å². The van der Waals surface area contributed by atoms with E-state index in [-0.39, 0.29) is 30.0 Å². The van der Waals surface area contributed by atoms with Crippen LogP contribution in [0.25, 0.3) is 10.2 Å². The summed E-state index contributed by atoms with van der Waals surface area (Å²) in [6.07, 6.45) is 0. The molecule has 158 valence electrons. The Kier molecular flexibility index (Phi) is 6.38. The van der Waals surface area contributed by atoms with E-state index in [9.17, 15) is 14.4 Å². The highest BCUT2D eigenvalue weighted by Gasteiger charge is 2.28. The normalized spacial score (nSPS) is 16.4. The smallest absolute Gasteiger partial charge is 0.348 e. The molecule has 1 unspecified atom stereocenters. The number of esters is 1. The van der Waals surface area contributed by atoms with Crippen molar-refractivity contribution in [2.75, 3.05) is 32.8 Å². The lowest BCUT2D eigenvalue weighted by molar-refractivity contribution is -0.136. The summed E-state index contributed by atoms with van der Waals surface area (Å²) in [6.45, 7) is 12.4. The lowest BCUT2D eigenvalue weighted by Crippen LogP contribution is -2.50. The van der Waals surface area contributed by atoms with Crippen LogP contribution in [0.3, 0.4) is 0 Å². The first kappa shape index (κ1) is 21.4. The van der Waals surface area contributed by atoms with Gasteiger partial charge in [0, 0.05) is 32.1 Å². The fraction of sp³-hybridized carbons (Fsp3) is 0.600. The lowest BCUT2D eigenvalue weighted by Gasteiger charge is -2.38. The van der Waals surface area contributed by atoms with Crippen LogP contribution < -0.4 is 5.56 Å². The molecule has 2 aromatic rings. The maximum absolute atomic E-state index is 12.7. The maximum Gasteiger partial charge on any atom is 0.348 e. The summed E-state index contributed by atoms with van der Waals surface area (Å²) in [7, 11) is 0. The van der Waals surface area contributed by atoms with Gasteiger partial charge in [0.1, 0.15) is 15.5 Å². The third-order valence-corrected chi connectivity index (χ3v) is 6.51. The van der Waals surface area contributed by atoms with Crippen LogP contribution in [0.1, 0.15) is 54.8 Å². The third-order valence-electron chi connectivity index (χ3n) is 5.34. The van der Waals surface area contributed by atoms with E-state index < -0.39 is 5.97 Å². The predicted octanol–water partition coefficient (Wildman–Crippen LogP) is 2.33. The number of carbonyl (C=O) groups is 2. The van der Waals surface area contributed by atoms with Gasteiger partial charge in [-0.05, 0) is 26.3 Å². The molecule has 0 saturated carbocycles. The van der Waals surface area contributed by atoms with Crippen LogP contribution >= 0.6 is 11.3 Å². The molecule has 0 bridgehead atoms. The SMILES string of the molecule is CCOC(=O)c1sc2nc(C(C)N3CCN(C(=O)C(C)C)CC3)[nH]c(=O)c2c1C. The minimum atomic E-state index is -0.423. The Labute approximate surface area is 173 Å². The Morgan fingerprint density at radius 1 is 1.21 bits per heavy atom. The molecule has 0 spiro atoms. The minimum Gasteiger partial charge on any atom is -0.462 e. The van der Waals surface area contributed by atoms with Gasteiger partial charge in [0.15, 0.2) is 0 Å².